The van der Waals surface area contributed by atoms with E-state index in [-0.39, 0.29) is 40.1 Å². The van der Waals surface area contributed by atoms with Gasteiger partial charge >= 0.3 is 0 Å². The van der Waals surface area contributed by atoms with Gasteiger partial charge in [-0.05, 0) is 0 Å². The Morgan fingerprint density at radius 2 is 1.83 bits per heavy atom. The summed E-state index contributed by atoms with van der Waals surface area (Å²) >= 11 is 0. The van der Waals surface area contributed by atoms with Crippen molar-refractivity contribution in [1.82, 2.24) is 0 Å². The summed E-state index contributed by atoms with van der Waals surface area (Å²) in [6.07, 6.45) is 1.08. The van der Waals surface area contributed by atoms with Crippen molar-refractivity contribution < 1.29 is 32.7 Å². The fourth-order valence-corrected chi connectivity index (χ4v) is 0.650. The van der Waals surface area contributed by atoms with Crippen LogP contribution in [0.25, 0.3) is 0 Å². The molecule has 1 aromatic rings. The number of hydrogen-bond donors (Lipinski definition) is 0. The van der Waals surface area contributed by atoms with Crippen LogP contribution in [0.4, 0.5) is 0 Å². The molecular weight excluding hydrogens is 221 g/mol. The minimum absolute atomic E-state index is 0. The van der Waals surface area contributed by atoms with Gasteiger partial charge in [-0.15, -0.1) is 0 Å². The first-order valence-electron chi connectivity index (χ1n) is 3.89. The van der Waals surface area contributed by atoms with E-state index >= 15 is 0 Å². The van der Waals surface area contributed by atoms with Crippen molar-refractivity contribution in [1.29, 1.82) is 0 Å². The zero-order valence-electron chi connectivity index (χ0n) is 8.59. The first-order valence-corrected chi connectivity index (χ1v) is 3.89. The summed E-state index contributed by atoms with van der Waals surface area (Å²) in [4.78, 5) is 0. The fourth-order valence-electron chi connectivity index (χ4n) is 0.650. The summed E-state index contributed by atoms with van der Waals surface area (Å²) in [6.45, 7) is 6.13. The molecular formula is C11H18Y-2. The maximum Gasteiger partial charge on any atom is 0 e. The first-order chi connectivity index (χ1) is 4.93. The van der Waals surface area contributed by atoms with E-state index in [4.69, 9.17) is 0 Å². The Kier molecular flexibility index (Phi) is 21.0. The molecule has 0 aliphatic heterocycles. The van der Waals surface area contributed by atoms with Gasteiger partial charge in [0.05, 0.1) is 0 Å². The Balaban J connectivity index is -0.000000189. The number of hydrogen-bond acceptors (Lipinski definition) is 0. The molecule has 12 heavy (non-hydrogen) atoms. The van der Waals surface area contributed by atoms with Crippen LogP contribution in [0.5, 0.6) is 0 Å². The third-order valence-corrected chi connectivity index (χ3v) is 1.15. The Hall–Kier alpha value is 0.324. The van der Waals surface area contributed by atoms with E-state index in [1.807, 2.05) is 32.0 Å². The predicted octanol–water partition coefficient (Wildman–Crippen LogP) is 3.52. The summed E-state index contributed by atoms with van der Waals surface area (Å²) < 4.78 is 0. The summed E-state index contributed by atoms with van der Waals surface area (Å²) in [5, 5.41) is 0. The van der Waals surface area contributed by atoms with Gasteiger partial charge in [0.25, 0.3) is 0 Å². The molecule has 0 atom stereocenters. The summed E-state index contributed by atoms with van der Waals surface area (Å²) in [6, 6.07) is 11.2. The third-order valence-electron chi connectivity index (χ3n) is 1.15. The van der Waals surface area contributed by atoms with Crippen molar-refractivity contribution in [2.75, 3.05) is 0 Å². The maximum atomic E-state index is 3.12. The van der Waals surface area contributed by atoms with Gasteiger partial charge in [0.1, 0.15) is 0 Å². The van der Waals surface area contributed by atoms with Crippen LogP contribution in [0.1, 0.15) is 26.3 Å². The van der Waals surface area contributed by atoms with Gasteiger partial charge in [-0.2, -0.15) is 35.9 Å². The van der Waals surface area contributed by atoms with Crippen molar-refractivity contribution in [2.45, 2.75) is 27.2 Å². The quantitative estimate of drug-likeness (QED) is 0.658. The first kappa shape index (κ1) is 18.2. The van der Waals surface area contributed by atoms with Crippen molar-refractivity contribution in [3.8, 4) is 0 Å². The van der Waals surface area contributed by atoms with Gasteiger partial charge in [0, 0.05) is 32.7 Å². The average Bonchev–Trinajstić information content (AvgIpc) is 2.10. The van der Waals surface area contributed by atoms with E-state index in [0.29, 0.717) is 0 Å². The van der Waals surface area contributed by atoms with Crippen LogP contribution < -0.4 is 0 Å². The minimum Gasteiger partial charge on any atom is -0.358 e. The summed E-state index contributed by atoms with van der Waals surface area (Å²) in [7, 11) is 0. The molecule has 0 bridgehead atoms. The van der Waals surface area contributed by atoms with E-state index in [1.165, 1.54) is 5.56 Å². The zero-order valence-corrected chi connectivity index (χ0v) is 11.4. The van der Waals surface area contributed by atoms with Gasteiger partial charge in [-0.1, -0.05) is 27.2 Å². The van der Waals surface area contributed by atoms with Crippen LogP contribution >= 0.6 is 0 Å². The molecule has 0 N–H and O–H groups in total. The molecule has 0 nitrogen and oxygen atoms in total. The fraction of sp³-hybridized carbons (Fsp3) is 0.364. The number of rotatable bonds is 1. The van der Waals surface area contributed by atoms with Crippen molar-refractivity contribution >= 4 is 0 Å². The molecule has 0 spiro atoms. The second-order valence-corrected chi connectivity index (χ2v) is 1.74. The summed E-state index contributed by atoms with van der Waals surface area (Å²) in [5.41, 5.74) is 1.28. The molecule has 0 amide bonds. The van der Waals surface area contributed by atoms with E-state index in [1.54, 1.807) is 0 Å². The van der Waals surface area contributed by atoms with Crippen LogP contribution in [0.3, 0.4) is 0 Å². The second-order valence-electron chi connectivity index (χ2n) is 1.74. The molecule has 0 aromatic heterocycles. The molecule has 67 valence electrons. The summed E-state index contributed by atoms with van der Waals surface area (Å²) in [5.74, 6) is 0. The Labute approximate surface area is 103 Å². The monoisotopic (exact) mass is 239 g/mol. The molecule has 1 heteroatoms. The smallest absolute Gasteiger partial charge is 0 e. The topological polar surface area (TPSA) is 0 Å². The van der Waals surface area contributed by atoms with E-state index in [2.05, 4.69) is 19.1 Å². The van der Waals surface area contributed by atoms with Gasteiger partial charge in [0.2, 0.25) is 0 Å². The Morgan fingerprint density at radius 1 is 1.25 bits per heavy atom. The normalized spacial score (nSPS) is 6.58. The average molecular weight is 239 g/mol. The molecule has 0 heterocycles. The van der Waals surface area contributed by atoms with Crippen molar-refractivity contribution in [2.24, 2.45) is 0 Å². The molecule has 1 radical (unpaired) electrons. The van der Waals surface area contributed by atoms with Crippen molar-refractivity contribution in [3.63, 3.8) is 0 Å². The molecule has 0 fully saturated rings. The number of aryl methyl sites for hydroxylation is 1. The zero-order chi connectivity index (χ0) is 7.82. The predicted molar refractivity (Wildman–Crippen MR) is 52.4 cm³/mol. The molecule has 0 unspecified atom stereocenters. The SMILES string of the molecule is CC.CCc1[c-]cccc1.[CH3-].[Y]. The molecule has 1 rings (SSSR count). The second kappa shape index (κ2) is 13.9. The Morgan fingerprint density at radius 3 is 2.08 bits per heavy atom. The van der Waals surface area contributed by atoms with E-state index < -0.39 is 0 Å². The van der Waals surface area contributed by atoms with Crippen LogP contribution in [0.15, 0.2) is 24.3 Å². The van der Waals surface area contributed by atoms with Crippen LogP contribution in [-0.4, -0.2) is 0 Å². The standard InChI is InChI=1S/C8H9.C2H6.CH3.Y/c1-2-8-6-4-3-5-7-8;1-2;;/h3-6H,2H2,1H3;1-2H3;1H3;/q-1;;-1;. The molecule has 0 saturated carbocycles. The molecule has 0 saturated heterocycles. The third kappa shape index (κ3) is 8.42. The Bertz CT molecular complexity index is 146. The van der Waals surface area contributed by atoms with E-state index in [0.717, 1.165) is 6.42 Å². The van der Waals surface area contributed by atoms with Crippen LogP contribution in [-0.2, 0) is 39.1 Å². The van der Waals surface area contributed by atoms with Gasteiger partial charge in [-0.25, -0.2) is 0 Å². The minimum atomic E-state index is 0. The molecule has 0 aliphatic rings. The van der Waals surface area contributed by atoms with Gasteiger partial charge in [0.15, 0.2) is 0 Å². The van der Waals surface area contributed by atoms with Gasteiger partial charge < -0.3 is 7.43 Å². The van der Waals surface area contributed by atoms with E-state index in [9.17, 15) is 0 Å². The van der Waals surface area contributed by atoms with Crippen LogP contribution in [0, 0.1) is 13.5 Å². The largest absolute Gasteiger partial charge is 0.358 e. The maximum absolute atomic E-state index is 3.12. The van der Waals surface area contributed by atoms with Crippen LogP contribution in [0.2, 0.25) is 0 Å². The van der Waals surface area contributed by atoms with Gasteiger partial charge in [-0.3, -0.25) is 0 Å². The molecule has 0 aliphatic carbocycles. The van der Waals surface area contributed by atoms with Crippen molar-refractivity contribution in [3.05, 3.63) is 43.3 Å². The molecule has 1 aromatic carbocycles. The number of benzene rings is 1.